The van der Waals surface area contributed by atoms with Gasteiger partial charge in [0.1, 0.15) is 13.2 Å². The van der Waals surface area contributed by atoms with E-state index in [0.29, 0.717) is 17.4 Å². The molecule has 80 heavy (non-hydrogen) atoms. The first-order valence-electron chi connectivity index (χ1n) is 35.7. The summed E-state index contributed by atoms with van der Waals surface area (Å²) in [6, 6.07) is -0.901. The van der Waals surface area contributed by atoms with Crippen LogP contribution in [-0.2, 0) is 18.4 Å². The van der Waals surface area contributed by atoms with Crippen LogP contribution < -0.4 is 10.2 Å². The molecule has 0 saturated heterocycles. The number of unbranched alkanes of at least 4 members (excludes halogenated alkanes) is 52. The van der Waals surface area contributed by atoms with E-state index in [1.165, 1.54) is 315 Å². The number of rotatable bonds is 67. The molecule has 0 fully saturated rings. The number of amides is 1. The van der Waals surface area contributed by atoms with Gasteiger partial charge in [-0.25, -0.2) is 0 Å². The Hall–Kier alpha value is -1.02. The van der Waals surface area contributed by atoms with Crippen LogP contribution in [0.4, 0.5) is 0 Å². The van der Waals surface area contributed by atoms with Crippen LogP contribution in [0.3, 0.4) is 0 Å². The molecule has 8 nitrogen and oxygen atoms in total. The second-order valence-electron chi connectivity index (χ2n) is 25.9. The summed E-state index contributed by atoms with van der Waals surface area (Å²) in [5.74, 6) is -0.198. The topological polar surface area (TPSA) is 108 Å². The summed E-state index contributed by atoms with van der Waals surface area (Å²) in [6.07, 6.45) is 81.8. The number of hydrogen-bond acceptors (Lipinski definition) is 6. The Bertz CT molecular complexity index is 1350. The van der Waals surface area contributed by atoms with Crippen LogP contribution >= 0.6 is 7.82 Å². The molecule has 3 unspecified atom stereocenters. The van der Waals surface area contributed by atoms with Crippen LogP contribution in [0.1, 0.15) is 373 Å². The van der Waals surface area contributed by atoms with E-state index in [9.17, 15) is 19.4 Å². The Morgan fingerprint density at radius 2 is 0.700 bits per heavy atom. The molecule has 0 saturated carbocycles. The molecule has 0 spiro atoms. The van der Waals surface area contributed by atoms with Crippen LogP contribution in [0.25, 0.3) is 0 Å². The largest absolute Gasteiger partial charge is 0.756 e. The maximum Gasteiger partial charge on any atom is 0.268 e. The number of carbonyl (C=O) groups is 1. The Morgan fingerprint density at radius 1 is 0.425 bits per heavy atom. The Kier molecular flexibility index (Phi) is 61.7. The smallest absolute Gasteiger partial charge is 0.268 e. The van der Waals surface area contributed by atoms with E-state index in [4.69, 9.17) is 9.05 Å². The summed E-state index contributed by atoms with van der Waals surface area (Å²) >= 11 is 0. The monoisotopic (exact) mass is 1150 g/mol. The van der Waals surface area contributed by atoms with E-state index in [2.05, 4.69) is 31.3 Å². The predicted molar refractivity (Wildman–Crippen MR) is 349 cm³/mol. The summed E-state index contributed by atoms with van der Waals surface area (Å²) in [7, 11) is 1.26. The number of quaternary nitrogens is 1. The van der Waals surface area contributed by atoms with Crippen molar-refractivity contribution in [2.75, 3.05) is 40.9 Å². The van der Waals surface area contributed by atoms with Crippen molar-refractivity contribution >= 4 is 13.7 Å². The molecule has 0 aliphatic rings. The average Bonchev–Trinajstić information content (AvgIpc) is 3.42. The molecule has 0 aromatic rings. The van der Waals surface area contributed by atoms with Gasteiger partial charge >= 0.3 is 0 Å². The van der Waals surface area contributed by atoms with Crippen molar-refractivity contribution in [2.24, 2.45) is 0 Å². The number of aliphatic hydroxyl groups is 1. The lowest BCUT2D eigenvalue weighted by Gasteiger charge is -2.29. The van der Waals surface area contributed by atoms with Crippen molar-refractivity contribution in [3.8, 4) is 0 Å². The number of nitrogens with one attached hydrogen (secondary N) is 1. The zero-order chi connectivity index (χ0) is 58.4. The number of allylic oxidation sites excluding steroid dienone is 3. The van der Waals surface area contributed by atoms with Gasteiger partial charge in [-0.15, -0.1) is 0 Å². The van der Waals surface area contributed by atoms with Gasteiger partial charge in [0.2, 0.25) is 5.91 Å². The molecule has 0 radical (unpaired) electrons. The third kappa shape index (κ3) is 64.5. The van der Waals surface area contributed by atoms with Crippen molar-refractivity contribution in [3.05, 3.63) is 24.3 Å². The van der Waals surface area contributed by atoms with E-state index in [1.807, 2.05) is 27.2 Å². The number of nitrogens with zero attached hydrogens (tertiary/aromatic N) is 1. The second kappa shape index (κ2) is 62.5. The van der Waals surface area contributed by atoms with E-state index in [-0.39, 0.29) is 19.1 Å². The Morgan fingerprint density at radius 3 is 1.01 bits per heavy atom. The number of aliphatic hydroxyl groups excluding tert-OH is 1. The average molecular weight is 1150 g/mol. The Labute approximate surface area is 500 Å². The highest BCUT2D eigenvalue weighted by atomic mass is 31.2. The Balaban J connectivity index is 3.98. The zero-order valence-electron chi connectivity index (χ0n) is 54.6. The van der Waals surface area contributed by atoms with E-state index < -0.39 is 20.0 Å². The SMILES string of the molecule is CCCCCCCCCCCCCCCCCC/C=C/CC/C=C/C(O)C(COP(=O)([O-])OCC[N+](C)(C)C)NC(=O)CCCCCCCCCCCCCCCCCCCCCCCCCCCCCCCCCCCCCC. The third-order valence-corrected chi connectivity index (χ3v) is 17.6. The minimum atomic E-state index is -4.61. The lowest BCUT2D eigenvalue weighted by Crippen LogP contribution is -2.45. The molecule has 0 bridgehead atoms. The van der Waals surface area contributed by atoms with Crippen molar-refractivity contribution in [3.63, 3.8) is 0 Å². The molecule has 0 rings (SSSR count). The van der Waals surface area contributed by atoms with Gasteiger partial charge in [0.15, 0.2) is 0 Å². The van der Waals surface area contributed by atoms with Gasteiger partial charge < -0.3 is 28.8 Å². The molecule has 9 heteroatoms. The molecule has 0 aromatic heterocycles. The van der Waals surface area contributed by atoms with Gasteiger partial charge in [-0.3, -0.25) is 9.36 Å². The number of likely N-dealkylation sites (N-methyl/N-ethyl adjacent to an activating group) is 1. The molecule has 0 aromatic carbocycles. The molecule has 2 N–H and O–H groups in total. The fourth-order valence-electron chi connectivity index (χ4n) is 11.1. The minimum Gasteiger partial charge on any atom is -0.756 e. The quantitative estimate of drug-likeness (QED) is 0.0272. The van der Waals surface area contributed by atoms with Crippen LogP contribution in [0.15, 0.2) is 24.3 Å². The molecule has 0 aliphatic heterocycles. The van der Waals surface area contributed by atoms with Gasteiger partial charge in [-0.2, -0.15) is 0 Å². The first-order chi connectivity index (χ1) is 39.0. The van der Waals surface area contributed by atoms with Crippen LogP contribution in [0, 0.1) is 0 Å². The highest BCUT2D eigenvalue weighted by Crippen LogP contribution is 2.38. The zero-order valence-corrected chi connectivity index (χ0v) is 55.5. The maximum absolute atomic E-state index is 13.0. The van der Waals surface area contributed by atoms with Gasteiger partial charge in [0, 0.05) is 6.42 Å². The highest BCUT2D eigenvalue weighted by molar-refractivity contribution is 7.45. The van der Waals surface area contributed by atoms with Crippen molar-refractivity contribution in [1.82, 2.24) is 5.32 Å². The number of phosphoric acid groups is 1. The first-order valence-corrected chi connectivity index (χ1v) is 37.2. The molecule has 1 amide bonds. The summed E-state index contributed by atoms with van der Waals surface area (Å²) < 4.78 is 23.4. The molecule has 0 aliphatic carbocycles. The lowest BCUT2D eigenvalue weighted by molar-refractivity contribution is -0.870. The summed E-state index contributed by atoms with van der Waals surface area (Å²) in [5, 5.41) is 13.9. The van der Waals surface area contributed by atoms with E-state index >= 15 is 0 Å². The predicted octanol–water partition coefficient (Wildman–Crippen LogP) is 22.0. The van der Waals surface area contributed by atoms with E-state index in [0.717, 1.165) is 38.5 Å². The van der Waals surface area contributed by atoms with Gasteiger partial charge in [0.25, 0.3) is 7.82 Å². The standard InChI is InChI=1S/C71H141N2O6P/c1-6-8-10-12-14-16-18-20-22-24-26-28-30-31-32-33-34-35-36-37-38-39-40-41-42-43-45-47-49-51-53-55-57-59-61-63-65-71(75)72-69(68-79-80(76,77)78-67-66-73(3,4)5)70(74)64-62-60-58-56-54-52-50-48-46-44-29-27-25-23-21-19-17-15-13-11-9-7-2/h54,56,62,64,69-70,74H,6-53,55,57-61,63,65-68H2,1-5H3,(H-,72,75,76,77)/b56-54+,64-62+. The first kappa shape index (κ1) is 79.0. The lowest BCUT2D eigenvalue weighted by atomic mass is 10.0. The van der Waals surface area contributed by atoms with E-state index in [1.54, 1.807) is 6.08 Å². The second-order valence-corrected chi connectivity index (χ2v) is 27.4. The summed E-state index contributed by atoms with van der Waals surface area (Å²) in [5.41, 5.74) is 0. The number of phosphoric ester groups is 1. The summed E-state index contributed by atoms with van der Waals surface area (Å²) in [6.45, 7) is 4.69. The number of carbonyl (C=O) groups excluding carboxylic acids is 1. The van der Waals surface area contributed by atoms with Crippen LogP contribution in [-0.4, -0.2) is 68.5 Å². The maximum atomic E-state index is 13.0. The molecule has 476 valence electrons. The van der Waals surface area contributed by atoms with Gasteiger partial charge in [-0.05, 0) is 32.1 Å². The van der Waals surface area contributed by atoms with Crippen molar-refractivity contribution < 1.29 is 32.9 Å². The minimum absolute atomic E-state index is 0.00346. The molecule has 0 heterocycles. The van der Waals surface area contributed by atoms with Crippen LogP contribution in [0.5, 0.6) is 0 Å². The highest BCUT2D eigenvalue weighted by Gasteiger charge is 2.23. The molecular weight excluding hydrogens is 1010 g/mol. The molecule has 3 atom stereocenters. The van der Waals surface area contributed by atoms with Gasteiger partial charge in [-0.1, -0.05) is 359 Å². The van der Waals surface area contributed by atoms with Gasteiger partial charge in [0.05, 0.1) is 39.9 Å². The normalized spacial score (nSPS) is 13.7. The fraction of sp³-hybridized carbons (Fsp3) is 0.930. The summed E-state index contributed by atoms with van der Waals surface area (Å²) in [4.78, 5) is 25.6. The van der Waals surface area contributed by atoms with Crippen LogP contribution in [0.2, 0.25) is 0 Å². The van der Waals surface area contributed by atoms with Crippen molar-refractivity contribution in [2.45, 2.75) is 386 Å². The van der Waals surface area contributed by atoms with Crippen molar-refractivity contribution in [1.29, 1.82) is 0 Å². The fourth-order valence-corrected chi connectivity index (χ4v) is 11.8. The third-order valence-electron chi connectivity index (χ3n) is 16.7. The number of hydrogen-bond donors (Lipinski definition) is 2. The molecular formula is C71H141N2O6P.